The fourth-order valence-corrected chi connectivity index (χ4v) is 3.08. The lowest BCUT2D eigenvalue weighted by molar-refractivity contribution is 0.305. The van der Waals surface area contributed by atoms with Crippen LogP contribution >= 0.6 is 11.6 Å². The maximum Gasteiger partial charge on any atom is 0.200 e. The van der Waals surface area contributed by atoms with Crippen LogP contribution in [-0.4, -0.2) is 7.11 Å². The van der Waals surface area contributed by atoms with E-state index in [0.717, 1.165) is 16.9 Å². The number of hydrogen-bond donors (Lipinski definition) is 0. The molecule has 0 radical (unpaired) electrons. The van der Waals surface area contributed by atoms with Gasteiger partial charge < -0.3 is 13.9 Å². The van der Waals surface area contributed by atoms with Gasteiger partial charge in [0.25, 0.3) is 0 Å². The molecule has 3 aromatic carbocycles. The van der Waals surface area contributed by atoms with Gasteiger partial charge in [0.15, 0.2) is 5.43 Å². The molecule has 0 aliphatic carbocycles. The average Bonchev–Trinajstić information content (AvgIpc) is 2.73. The molecule has 0 saturated heterocycles. The van der Waals surface area contributed by atoms with E-state index in [1.807, 2.05) is 24.3 Å². The number of methoxy groups -OCH3 is 1. The van der Waals surface area contributed by atoms with Crippen LogP contribution in [0.25, 0.3) is 22.1 Å². The van der Waals surface area contributed by atoms with E-state index in [9.17, 15) is 4.79 Å². The largest absolute Gasteiger partial charge is 0.497 e. The van der Waals surface area contributed by atoms with Crippen molar-refractivity contribution >= 4 is 22.6 Å². The molecule has 4 rings (SSSR count). The minimum atomic E-state index is -0.0945. The number of ether oxygens (including phenoxy) is 2. The number of benzene rings is 3. The van der Waals surface area contributed by atoms with Crippen LogP contribution in [0.3, 0.4) is 0 Å². The smallest absolute Gasteiger partial charge is 0.200 e. The van der Waals surface area contributed by atoms with Gasteiger partial charge in [0.2, 0.25) is 0 Å². The van der Waals surface area contributed by atoms with Gasteiger partial charge in [-0.3, -0.25) is 4.79 Å². The Hall–Kier alpha value is -3.24. The molecule has 0 atom stereocenters. The van der Waals surface area contributed by atoms with Crippen molar-refractivity contribution < 1.29 is 13.9 Å². The summed E-state index contributed by atoms with van der Waals surface area (Å²) in [7, 11) is 1.63. The highest BCUT2D eigenvalue weighted by Gasteiger charge is 2.10. The van der Waals surface area contributed by atoms with Crippen molar-refractivity contribution in [3.05, 3.63) is 93.8 Å². The summed E-state index contributed by atoms with van der Waals surface area (Å²) < 4.78 is 16.8. The Balaban J connectivity index is 1.60. The molecule has 0 spiro atoms. The highest BCUT2D eigenvalue weighted by molar-refractivity contribution is 6.30. The average molecular weight is 393 g/mol. The first kappa shape index (κ1) is 18.1. The van der Waals surface area contributed by atoms with Gasteiger partial charge in [-0.1, -0.05) is 35.9 Å². The van der Waals surface area contributed by atoms with Crippen LogP contribution in [0.2, 0.25) is 5.02 Å². The second-order valence-electron chi connectivity index (χ2n) is 6.28. The molecular weight excluding hydrogens is 376 g/mol. The predicted molar refractivity (Wildman–Crippen MR) is 110 cm³/mol. The van der Waals surface area contributed by atoms with Gasteiger partial charge in [0, 0.05) is 11.1 Å². The topological polar surface area (TPSA) is 48.7 Å². The quantitative estimate of drug-likeness (QED) is 0.437. The van der Waals surface area contributed by atoms with Gasteiger partial charge in [-0.05, 0) is 47.5 Å². The van der Waals surface area contributed by atoms with E-state index in [2.05, 4.69) is 0 Å². The molecule has 0 saturated carbocycles. The second kappa shape index (κ2) is 7.79. The molecule has 140 valence electrons. The molecule has 0 bridgehead atoms. The van der Waals surface area contributed by atoms with Crippen molar-refractivity contribution in [3.63, 3.8) is 0 Å². The Kier molecular flexibility index (Phi) is 5.04. The fraction of sp³-hybridized carbons (Fsp3) is 0.0870. The summed E-state index contributed by atoms with van der Waals surface area (Å²) in [5.74, 6) is 1.40. The highest BCUT2D eigenvalue weighted by Crippen LogP contribution is 2.25. The SMILES string of the molecule is COc1cccc(COc2ccc3c(=O)c(-c4ccc(Cl)cc4)coc3c2)c1. The minimum Gasteiger partial charge on any atom is -0.497 e. The first-order valence-electron chi connectivity index (χ1n) is 8.71. The Morgan fingerprint density at radius 1 is 0.964 bits per heavy atom. The molecule has 0 unspecified atom stereocenters. The Morgan fingerprint density at radius 3 is 2.57 bits per heavy atom. The zero-order valence-electron chi connectivity index (χ0n) is 15.1. The standard InChI is InChI=1S/C23H17ClO4/c1-26-18-4-2-3-15(11-18)13-27-19-9-10-20-22(12-19)28-14-21(23(20)25)16-5-7-17(24)8-6-16/h2-12,14H,13H2,1H3. The zero-order valence-corrected chi connectivity index (χ0v) is 15.9. The van der Waals surface area contributed by atoms with E-state index in [4.69, 9.17) is 25.5 Å². The molecule has 4 aromatic rings. The van der Waals surface area contributed by atoms with Gasteiger partial charge in [0.1, 0.15) is 30.0 Å². The van der Waals surface area contributed by atoms with E-state index < -0.39 is 0 Å². The van der Waals surface area contributed by atoms with Gasteiger partial charge in [-0.2, -0.15) is 0 Å². The molecule has 0 aliphatic rings. The van der Waals surface area contributed by atoms with Crippen molar-refractivity contribution in [2.75, 3.05) is 7.11 Å². The molecule has 0 aliphatic heterocycles. The number of hydrogen-bond acceptors (Lipinski definition) is 4. The van der Waals surface area contributed by atoms with Crippen molar-refractivity contribution in [2.45, 2.75) is 6.61 Å². The van der Waals surface area contributed by atoms with Crippen LogP contribution in [0.15, 0.2) is 82.2 Å². The van der Waals surface area contributed by atoms with E-state index in [1.165, 1.54) is 6.26 Å². The van der Waals surface area contributed by atoms with Crippen LogP contribution in [0.1, 0.15) is 5.56 Å². The predicted octanol–water partition coefficient (Wildman–Crippen LogP) is 5.70. The first-order valence-corrected chi connectivity index (χ1v) is 9.09. The Morgan fingerprint density at radius 2 is 1.79 bits per heavy atom. The summed E-state index contributed by atoms with van der Waals surface area (Å²) in [5.41, 5.74) is 2.63. The number of halogens is 1. The van der Waals surface area contributed by atoms with Crippen molar-refractivity contribution in [1.82, 2.24) is 0 Å². The molecule has 4 nitrogen and oxygen atoms in total. The lowest BCUT2D eigenvalue weighted by Gasteiger charge is -2.09. The van der Waals surface area contributed by atoms with Gasteiger partial charge in [-0.15, -0.1) is 0 Å². The molecular formula is C23H17ClO4. The van der Waals surface area contributed by atoms with Crippen molar-refractivity contribution in [2.24, 2.45) is 0 Å². The third-order valence-corrected chi connectivity index (χ3v) is 4.69. The summed E-state index contributed by atoms with van der Waals surface area (Å²) in [6, 6.07) is 20.0. The molecule has 1 heterocycles. The summed E-state index contributed by atoms with van der Waals surface area (Å²) >= 11 is 5.92. The highest BCUT2D eigenvalue weighted by atomic mass is 35.5. The Bertz CT molecular complexity index is 1180. The normalized spacial score (nSPS) is 10.8. The minimum absolute atomic E-state index is 0.0945. The van der Waals surface area contributed by atoms with Crippen LogP contribution in [0.4, 0.5) is 0 Å². The zero-order chi connectivity index (χ0) is 19.5. The van der Waals surface area contributed by atoms with Gasteiger partial charge in [-0.25, -0.2) is 0 Å². The first-order chi connectivity index (χ1) is 13.6. The fourth-order valence-electron chi connectivity index (χ4n) is 2.96. The number of fused-ring (bicyclic) bond motifs is 1. The van der Waals surface area contributed by atoms with E-state index in [1.54, 1.807) is 49.6 Å². The van der Waals surface area contributed by atoms with E-state index in [-0.39, 0.29) is 5.43 Å². The lowest BCUT2D eigenvalue weighted by atomic mass is 10.1. The van der Waals surface area contributed by atoms with E-state index >= 15 is 0 Å². The van der Waals surface area contributed by atoms with Gasteiger partial charge >= 0.3 is 0 Å². The van der Waals surface area contributed by atoms with Crippen molar-refractivity contribution in [1.29, 1.82) is 0 Å². The van der Waals surface area contributed by atoms with E-state index in [0.29, 0.717) is 33.9 Å². The Labute approximate surface area is 166 Å². The van der Waals surface area contributed by atoms with Crippen LogP contribution < -0.4 is 14.9 Å². The van der Waals surface area contributed by atoms with Crippen LogP contribution in [0, 0.1) is 0 Å². The molecule has 0 N–H and O–H groups in total. The molecule has 0 amide bonds. The summed E-state index contributed by atoms with van der Waals surface area (Å²) in [6.07, 6.45) is 1.47. The summed E-state index contributed by atoms with van der Waals surface area (Å²) in [4.78, 5) is 12.8. The maximum absolute atomic E-state index is 12.8. The van der Waals surface area contributed by atoms with Crippen LogP contribution in [0.5, 0.6) is 11.5 Å². The summed E-state index contributed by atoms with van der Waals surface area (Å²) in [6.45, 7) is 0.385. The third-order valence-electron chi connectivity index (χ3n) is 4.44. The van der Waals surface area contributed by atoms with Crippen molar-refractivity contribution in [3.8, 4) is 22.6 Å². The third kappa shape index (κ3) is 3.73. The molecule has 1 aromatic heterocycles. The number of rotatable bonds is 5. The molecule has 28 heavy (non-hydrogen) atoms. The second-order valence-corrected chi connectivity index (χ2v) is 6.72. The summed E-state index contributed by atoms with van der Waals surface area (Å²) in [5, 5.41) is 1.12. The van der Waals surface area contributed by atoms with Crippen LogP contribution in [-0.2, 0) is 6.61 Å². The molecule has 0 fully saturated rings. The maximum atomic E-state index is 12.8. The lowest BCUT2D eigenvalue weighted by Crippen LogP contribution is -2.05. The molecule has 5 heteroatoms. The van der Waals surface area contributed by atoms with Gasteiger partial charge in [0.05, 0.1) is 18.1 Å². The monoisotopic (exact) mass is 392 g/mol.